The van der Waals surface area contributed by atoms with Gasteiger partial charge in [0.1, 0.15) is 12.6 Å². The number of hydrogen-bond acceptors (Lipinski definition) is 4. The Labute approximate surface area is 298 Å². The minimum atomic E-state index is -4.93. The van der Waals surface area contributed by atoms with Crippen LogP contribution in [-0.2, 0) is 38.8 Å². The SMILES string of the molecule is CC(C)CNC(=O)[C@H](Cc1ccccc1)N(Cc1c(Cl)cccc1Cl)C(=O)CN(c1ccc(Cl)c(C(F)(F)F)c1)S(=O)(=O)c1ccccc1. The number of nitrogens with zero attached hydrogens (tertiary/aromatic N) is 2. The van der Waals surface area contributed by atoms with Gasteiger partial charge in [-0.2, -0.15) is 13.2 Å². The van der Waals surface area contributed by atoms with Crippen LogP contribution in [0.4, 0.5) is 18.9 Å². The van der Waals surface area contributed by atoms with Gasteiger partial charge in [0.25, 0.3) is 10.0 Å². The van der Waals surface area contributed by atoms with Crippen molar-refractivity contribution in [3.63, 3.8) is 0 Å². The summed E-state index contributed by atoms with van der Waals surface area (Å²) >= 11 is 18.9. The van der Waals surface area contributed by atoms with Gasteiger partial charge in [-0.05, 0) is 53.9 Å². The molecule has 1 N–H and O–H groups in total. The number of sulfonamides is 1. The molecule has 0 saturated carbocycles. The molecule has 0 aliphatic heterocycles. The highest BCUT2D eigenvalue weighted by molar-refractivity contribution is 7.92. The zero-order valence-corrected chi connectivity index (χ0v) is 29.5. The number of carbonyl (C=O) groups is 2. The van der Waals surface area contributed by atoms with Crippen LogP contribution in [-0.4, -0.2) is 44.3 Å². The molecule has 260 valence electrons. The normalized spacial score (nSPS) is 12.4. The van der Waals surface area contributed by atoms with E-state index in [0.29, 0.717) is 15.9 Å². The molecule has 0 saturated heterocycles. The third-order valence-corrected chi connectivity index (χ3v) is 10.3. The van der Waals surface area contributed by atoms with Crippen molar-refractivity contribution >= 4 is 62.3 Å². The Morgan fingerprint density at radius 2 is 1.41 bits per heavy atom. The first-order chi connectivity index (χ1) is 23.1. The summed E-state index contributed by atoms with van der Waals surface area (Å²) in [6.45, 7) is 2.76. The molecule has 0 radical (unpaired) electrons. The number of carbonyl (C=O) groups excluding carboxylic acids is 2. The second-order valence-electron chi connectivity index (χ2n) is 11.6. The third-order valence-electron chi connectivity index (χ3n) is 7.50. The maximum absolute atomic E-state index is 14.6. The van der Waals surface area contributed by atoms with Crippen LogP contribution >= 0.6 is 34.8 Å². The van der Waals surface area contributed by atoms with E-state index in [-0.39, 0.29) is 45.9 Å². The Bertz CT molecular complexity index is 1860. The quantitative estimate of drug-likeness (QED) is 0.149. The predicted molar refractivity (Wildman–Crippen MR) is 186 cm³/mol. The summed E-state index contributed by atoms with van der Waals surface area (Å²) < 4.78 is 70.6. The van der Waals surface area contributed by atoms with Gasteiger partial charge >= 0.3 is 6.18 Å². The molecule has 0 fully saturated rings. The Morgan fingerprint density at radius 1 is 0.816 bits per heavy atom. The number of hydrogen-bond donors (Lipinski definition) is 1. The highest BCUT2D eigenvalue weighted by Gasteiger charge is 2.38. The standard InChI is InChI=1S/C35H33Cl3F3N3O4S/c1-23(2)20-42-34(46)32(18-24-10-5-3-6-11-24)43(21-27-29(36)14-9-15-30(27)37)33(45)22-44(49(47,48)26-12-7-4-8-13-26)25-16-17-31(38)28(19-25)35(39,40)41/h3-17,19,23,32H,18,20-22H2,1-2H3,(H,42,46)/t32-/m0/s1. The van der Waals surface area contributed by atoms with Crippen LogP contribution in [0.15, 0.2) is 102 Å². The number of halogens is 6. The van der Waals surface area contributed by atoms with E-state index in [1.807, 2.05) is 13.8 Å². The number of amides is 2. The maximum Gasteiger partial charge on any atom is 0.417 e. The summed E-state index contributed by atoms with van der Waals surface area (Å²) in [5.74, 6) is -1.38. The lowest BCUT2D eigenvalue weighted by Crippen LogP contribution is -2.53. The van der Waals surface area contributed by atoms with Crippen LogP contribution < -0.4 is 9.62 Å². The minimum absolute atomic E-state index is 0.0170. The Balaban J connectivity index is 1.88. The Morgan fingerprint density at radius 3 is 1.98 bits per heavy atom. The fourth-order valence-corrected chi connectivity index (χ4v) is 7.13. The molecule has 7 nitrogen and oxygen atoms in total. The molecule has 0 aliphatic rings. The van der Waals surface area contributed by atoms with E-state index in [1.165, 1.54) is 24.3 Å². The van der Waals surface area contributed by atoms with E-state index >= 15 is 0 Å². The van der Waals surface area contributed by atoms with Gasteiger partial charge in [0, 0.05) is 35.1 Å². The van der Waals surface area contributed by atoms with Crippen molar-refractivity contribution in [3.8, 4) is 0 Å². The van der Waals surface area contributed by atoms with Gasteiger partial charge in [-0.25, -0.2) is 8.42 Å². The highest BCUT2D eigenvalue weighted by atomic mass is 35.5. The van der Waals surface area contributed by atoms with E-state index < -0.39 is 56.9 Å². The van der Waals surface area contributed by atoms with Crippen LogP contribution in [0.2, 0.25) is 15.1 Å². The van der Waals surface area contributed by atoms with E-state index in [0.717, 1.165) is 17.0 Å². The van der Waals surface area contributed by atoms with Gasteiger partial charge in [0.2, 0.25) is 11.8 Å². The predicted octanol–water partition coefficient (Wildman–Crippen LogP) is 8.27. The zero-order chi connectivity index (χ0) is 35.9. The number of nitrogens with one attached hydrogen (secondary N) is 1. The zero-order valence-electron chi connectivity index (χ0n) is 26.4. The van der Waals surface area contributed by atoms with Gasteiger partial charge in [0.05, 0.1) is 21.2 Å². The van der Waals surface area contributed by atoms with E-state index in [2.05, 4.69) is 5.32 Å². The maximum atomic E-state index is 14.6. The van der Waals surface area contributed by atoms with Crippen molar-refractivity contribution in [2.75, 3.05) is 17.4 Å². The van der Waals surface area contributed by atoms with Crippen LogP contribution in [0.5, 0.6) is 0 Å². The first-order valence-electron chi connectivity index (χ1n) is 15.1. The molecule has 0 aromatic heterocycles. The molecular formula is C35H33Cl3F3N3O4S. The van der Waals surface area contributed by atoms with E-state index in [1.54, 1.807) is 54.6 Å². The van der Waals surface area contributed by atoms with Gasteiger partial charge < -0.3 is 10.2 Å². The molecule has 4 aromatic rings. The first kappa shape index (κ1) is 38.0. The van der Waals surface area contributed by atoms with Crippen molar-refractivity contribution in [2.45, 2.75) is 43.9 Å². The summed E-state index contributed by atoms with van der Waals surface area (Å²) in [5.41, 5.74) is -0.774. The molecule has 0 heterocycles. The van der Waals surface area contributed by atoms with Crippen molar-refractivity contribution in [1.29, 1.82) is 0 Å². The van der Waals surface area contributed by atoms with Crippen molar-refractivity contribution in [3.05, 3.63) is 129 Å². The molecule has 49 heavy (non-hydrogen) atoms. The molecule has 4 rings (SSSR count). The van der Waals surface area contributed by atoms with Crippen molar-refractivity contribution < 1.29 is 31.2 Å². The summed E-state index contributed by atoms with van der Waals surface area (Å²) in [5, 5.41) is 2.58. The lowest BCUT2D eigenvalue weighted by Gasteiger charge is -2.34. The summed E-state index contributed by atoms with van der Waals surface area (Å²) in [4.78, 5) is 29.3. The number of rotatable bonds is 13. The van der Waals surface area contributed by atoms with Gasteiger partial charge in [-0.15, -0.1) is 0 Å². The van der Waals surface area contributed by atoms with Crippen molar-refractivity contribution in [1.82, 2.24) is 10.2 Å². The second kappa shape index (κ2) is 16.3. The van der Waals surface area contributed by atoms with Crippen LogP contribution in [0.3, 0.4) is 0 Å². The second-order valence-corrected chi connectivity index (χ2v) is 14.6. The van der Waals surface area contributed by atoms with Gasteiger partial charge in [-0.1, -0.05) is 103 Å². The molecular weight excluding hydrogens is 722 g/mol. The van der Waals surface area contributed by atoms with Crippen molar-refractivity contribution in [2.24, 2.45) is 5.92 Å². The lowest BCUT2D eigenvalue weighted by molar-refractivity contribution is -0.140. The summed E-state index contributed by atoms with van der Waals surface area (Å²) in [7, 11) is -4.65. The van der Waals surface area contributed by atoms with Gasteiger partial charge in [-0.3, -0.25) is 13.9 Å². The number of benzene rings is 4. The largest absolute Gasteiger partial charge is 0.417 e. The average molecular weight is 755 g/mol. The molecule has 4 aromatic carbocycles. The highest BCUT2D eigenvalue weighted by Crippen LogP contribution is 2.38. The minimum Gasteiger partial charge on any atom is -0.354 e. The molecule has 0 spiro atoms. The number of anilines is 1. The Kier molecular flexibility index (Phi) is 12.6. The fraction of sp³-hybridized carbons (Fsp3) is 0.257. The Hall–Kier alpha value is -3.77. The van der Waals surface area contributed by atoms with E-state index in [9.17, 15) is 31.2 Å². The van der Waals surface area contributed by atoms with Crippen LogP contribution in [0, 0.1) is 5.92 Å². The van der Waals surface area contributed by atoms with Crippen LogP contribution in [0.1, 0.15) is 30.5 Å². The van der Waals surface area contributed by atoms with E-state index in [4.69, 9.17) is 34.8 Å². The fourth-order valence-electron chi connectivity index (χ4n) is 4.96. The molecule has 14 heteroatoms. The summed E-state index contributed by atoms with van der Waals surface area (Å²) in [6.07, 6.45) is -4.91. The monoisotopic (exact) mass is 753 g/mol. The average Bonchev–Trinajstić information content (AvgIpc) is 3.05. The number of alkyl halides is 3. The topological polar surface area (TPSA) is 86.8 Å². The molecule has 2 amide bonds. The smallest absolute Gasteiger partial charge is 0.354 e. The van der Waals surface area contributed by atoms with Crippen LogP contribution in [0.25, 0.3) is 0 Å². The molecule has 0 bridgehead atoms. The third kappa shape index (κ3) is 9.69. The van der Waals surface area contributed by atoms with Gasteiger partial charge in [0.15, 0.2) is 0 Å². The lowest BCUT2D eigenvalue weighted by atomic mass is 10.0. The molecule has 1 atom stereocenters. The molecule has 0 aliphatic carbocycles. The summed E-state index contributed by atoms with van der Waals surface area (Å²) in [6, 6.07) is 21.9. The molecule has 0 unspecified atom stereocenters. The first-order valence-corrected chi connectivity index (χ1v) is 17.7.